The Morgan fingerprint density at radius 2 is 2.12 bits per heavy atom. The van der Waals surface area contributed by atoms with Gasteiger partial charge in [-0.3, -0.25) is 4.79 Å². The number of benzene rings is 1. The maximum absolute atomic E-state index is 12.3. The van der Waals surface area contributed by atoms with E-state index in [2.05, 4.69) is 5.32 Å². The van der Waals surface area contributed by atoms with Crippen molar-refractivity contribution in [2.24, 2.45) is 0 Å². The second-order valence-corrected chi connectivity index (χ2v) is 4.23. The number of hydrogen-bond acceptors (Lipinski definition) is 3. The lowest BCUT2D eigenvalue weighted by atomic mass is 10.2. The Bertz CT molecular complexity index is 421. The molecule has 17 heavy (non-hydrogen) atoms. The standard InChI is InChI=1S/C10H11F3N2OS/c1-15-9(16)5-17-8-3-2-6(4-7(8)14)10(11,12)13/h2-4H,5,14H2,1H3,(H,15,16). The fourth-order valence-corrected chi connectivity index (χ4v) is 1.89. The van der Waals surface area contributed by atoms with Gasteiger partial charge in [-0.15, -0.1) is 11.8 Å². The molecule has 1 amide bonds. The van der Waals surface area contributed by atoms with E-state index in [1.807, 2.05) is 0 Å². The van der Waals surface area contributed by atoms with Gasteiger partial charge in [0.05, 0.1) is 11.3 Å². The minimum absolute atomic E-state index is 0.0220. The van der Waals surface area contributed by atoms with E-state index < -0.39 is 11.7 Å². The van der Waals surface area contributed by atoms with Crippen molar-refractivity contribution in [3.63, 3.8) is 0 Å². The molecule has 1 aromatic rings. The smallest absolute Gasteiger partial charge is 0.398 e. The van der Waals surface area contributed by atoms with E-state index in [0.717, 1.165) is 23.9 Å². The Kier molecular flexibility index (Phi) is 4.28. The molecule has 3 N–H and O–H groups in total. The minimum atomic E-state index is -4.40. The second kappa shape index (κ2) is 5.31. The van der Waals surface area contributed by atoms with E-state index in [1.165, 1.54) is 13.1 Å². The van der Waals surface area contributed by atoms with E-state index in [0.29, 0.717) is 4.90 Å². The van der Waals surface area contributed by atoms with Crippen LogP contribution in [0.1, 0.15) is 5.56 Å². The molecule has 0 unspecified atom stereocenters. The van der Waals surface area contributed by atoms with Gasteiger partial charge in [-0.2, -0.15) is 13.2 Å². The molecule has 0 aliphatic heterocycles. The summed E-state index contributed by atoms with van der Waals surface area (Å²) in [6.07, 6.45) is -4.40. The van der Waals surface area contributed by atoms with Gasteiger partial charge in [-0.1, -0.05) is 0 Å². The van der Waals surface area contributed by atoms with Crippen molar-refractivity contribution in [2.45, 2.75) is 11.1 Å². The van der Waals surface area contributed by atoms with Gasteiger partial charge >= 0.3 is 6.18 Å². The Morgan fingerprint density at radius 3 is 2.59 bits per heavy atom. The zero-order valence-corrected chi connectivity index (χ0v) is 9.78. The number of amides is 1. The number of nitrogens with two attached hydrogens (primary N) is 1. The van der Waals surface area contributed by atoms with Gasteiger partial charge in [0.2, 0.25) is 5.91 Å². The lowest BCUT2D eigenvalue weighted by Crippen LogP contribution is -2.19. The topological polar surface area (TPSA) is 55.1 Å². The summed E-state index contributed by atoms with van der Waals surface area (Å²) >= 11 is 1.09. The maximum atomic E-state index is 12.3. The molecule has 0 spiro atoms. The third-order valence-electron chi connectivity index (χ3n) is 1.97. The summed E-state index contributed by atoms with van der Waals surface area (Å²) in [4.78, 5) is 11.4. The summed E-state index contributed by atoms with van der Waals surface area (Å²) in [6.45, 7) is 0. The Labute approximate surface area is 101 Å². The van der Waals surface area contributed by atoms with Crippen molar-refractivity contribution in [1.29, 1.82) is 0 Å². The van der Waals surface area contributed by atoms with Gasteiger partial charge in [-0.05, 0) is 18.2 Å². The predicted molar refractivity (Wildman–Crippen MR) is 60.6 cm³/mol. The minimum Gasteiger partial charge on any atom is -0.398 e. The zero-order valence-electron chi connectivity index (χ0n) is 8.97. The summed E-state index contributed by atoms with van der Waals surface area (Å²) in [6, 6.07) is 3.08. The zero-order chi connectivity index (χ0) is 13.1. The fraction of sp³-hybridized carbons (Fsp3) is 0.300. The average Bonchev–Trinajstić information content (AvgIpc) is 2.25. The molecule has 0 atom stereocenters. The van der Waals surface area contributed by atoms with E-state index in [1.54, 1.807) is 0 Å². The van der Waals surface area contributed by atoms with Crippen LogP contribution in [-0.2, 0) is 11.0 Å². The summed E-state index contributed by atoms with van der Waals surface area (Å²) in [5.41, 5.74) is 4.72. The van der Waals surface area contributed by atoms with Crippen LogP contribution in [0.2, 0.25) is 0 Å². The Balaban J connectivity index is 2.80. The molecule has 94 valence electrons. The molecule has 1 aromatic carbocycles. The van der Waals surface area contributed by atoms with Gasteiger partial charge in [-0.25, -0.2) is 0 Å². The molecule has 0 saturated carbocycles. The lowest BCUT2D eigenvalue weighted by Gasteiger charge is -2.10. The lowest BCUT2D eigenvalue weighted by molar-refractivity contribution is -0.137. The SMILES string of the molecule is CNC(=O)CSc1ccc(C(F)(F)F)cc1N. The van der Waals surface area contributed by atoms with Crippen LogP contribution in [0.3, 0.4) is 0 Å². The van der Waals surface area contributed by atoms with Crippen molar-refractivity contribution >= 4 is 23.4 Å². The monoisotopic (exact) mass is 264 g/mol. The summed E-state index contributed by atoms with van der Waals surface area (Å²) in [5.74, 6) is -0.0965. The van der Waals surface area contributed by atoms with Crippen LogP contribution < -0.4 is 11.1 Å². The Hall–Kier alpha value is -1.37. The molecule has 0 aliphatic carbocycles. The van der Waals surface area contributed by atoms with Gasteiger partial charge in [0.1, 0.15) is 0 Å². The molecule has 0 bridgehead atoms. The van der Waals surface area contributed by atoms with Crippen LogP contribution in [0.25, 0.3) is 0 Å². The highest BCUT2D eigenvalue weighted by atomic mass is 32.2. The van der Waals surface area contributed by atoms with Gasteiger partial charge < -0.3 is 11.1 Å². The van der Waals surface area contributed by atoms with Crippen molar-refractivity contribution in [3.8, 4) is 0 Å². The van der Waals surface area contributed by atoms with E-state index in [-0.39, 0.29) is 17.3 Å². The summed E-state index contributed by atoms with van der Waals surface area (Å²) in [5, 5.41) is 2.41. The fourth-order valence-electron chi connectivity index (χ4n) is 1.07. The predicted octanol–water partition coefficient (Wildman–Crippen LogP) is 2.13. The van der Waals surface area contributed by atoms with Crippen LogP contribution in [0.15, 0.2) is 23.1 Å². The number of hydrogen-bond donors (Lipinski definition) is 2. The molecule has 7 heteroatoms. The normalized spacial score (nSPS) is 11.3. The number of thioether (sulfide) groups is 1. The molecule has 0 radical (unpaired) electrons. The average molecular weight is 264 g/mol. The summed E-state index contributed by atoms with van der Waals surface area (Å²) in [7, 11) is 1.49. The van der Waals surface area contributed by atoms with E-state index in [4.69, 9.17) is 5.73 Å². The van der Waals surface area contributed by atoms with Crippen molar-refractivity contribution in [1.82, 2.24) is 5.32 Å². The highest BCUT2D eigenvalue weighted by molar-refractivity contribution is 8.00. The maximum Gasteiger partial charge on any atom is 0.416 e. The van der Waals surface area contributed by atoms with E-state index >= 15 is 0 Å². The molecular weight excluding hydrogens is 253 g/mol. The second-order valence-electron chi connectivity index (χ2n) is 3.21. The highest BCUT2D eigenvalue weighted by Gasteiger charge is 2.30. The number of nitrogens with one attached hydrogen (secondary N) is 1. The molecule has 0 saturated heterocycles. The van der Waals surface area contributed by atoms with Crippen molar-refractivity contribution in [3.05, 3.63) is 23.8 Å². The quantitative estimate of drug-likeness (QED) is 0.649. The first-order valence-electron chi connectivity index (χ1n) is 4.64. The first kappa shape index (κ1) is 13.7. The first-order chi connectivity index (χ1) is 7.84. The number of halogens is 3. The van der Waals surface area contributed by atoms with Crippen LogP contribution in [0.5, 0.6) is 0 Å². The van der Waals surface area contributed by atoms with Gasteiger partial charge in [0.25, 0.3) is 0 Å². The van der Waals surface area contributed by atoms with Crippen molar-refractivity contribution < 1.29 is 18.0 Å². The third kappa shape index (κ3) is 3.85. The summed E-state index contributed by atoms with van der Waals surface area (Å²) < 4.78 is 37.0. The molecule has 0 fully saturated rings. The molecule has 1 rings (SSSR count). The van der Waals surface area contributed by atoms with Crippen molar-refractivity contribution in [2.75, 3.05) is 18.5 Å². The number of nitrogen functional groups attached to an aromatic ring is 1. The van der Waals surface area contributed by atoms with Crippen LogP contribution in [0, 0.1) is 0 Å². The molecular formula is C10H11F3N2OS. The number of carbonyl (C=O) groups is 1. The van der Waals surface area contributed by atoms with Crippen LogP contribution in [0.4, 0.5) is 18.9 Å². The molecule has 3 nitrogen and oxygen atoms in total. The number of anilines is 1. The molecule has 0 aliphatic rings. The molecule has 0 aromatic heterocycles. The largest absolute Gasteiger partial charge is 0.416 e. The van der Waals surface area contributed by atoms with Gasteiger partial charge in [0.15, 0.2) is 0 Å². The van der Waals surface area contributed by atoms with Gasteiger partial charge in [0, 0.05) is 17.6 Å². The van der Waals surface area contributed by atoms with E-state index in [9.17, 15) is 18.0 Å². The molecule has 0 heterocycles. The number of carbonyl (C=O) groups excluding carboxylic acids is 1. The highest BCUT2D eigenvalue weighted by Crippen LogP contribution is 2.34. The van der Waals surface area contributed by atoms with Crippen LogP contribution >= 0.6 is 11.8 Å². The number of rotatable bonds is 3. The third-order valence-corrected chi connectivity index (χ3v) is 3.06. The first-order valence-corrected chi connectivity index (χ1v) is 5.63. The Morgan fingerprint density at radius 1 is 1.47 bits per heavy atom. The number of alkyl halides is 3. The van der Waals surface area contributed by atoms with Crippen LogP contribution in [-0.4, -0.2) is 18.7 Å².